The van der Waals surface area contributed by atoms with Gasteiger partial charge in [-0.2, -0.15) is 0 Å². The minimum atomic E-state index is 0.0390. The monoisotopic (exact) mass is 252 g/mol. The first-order valence-electron chi connectivity index (χ1n) is 6.50. The predicted molar refractivity (Wildman–Crippen MR) is 74.1 cm³/mol. The van der Waals surface area contributed by atoms with E-state index in [2.05, 4.69) is 11.1 Å². The number of carbonyl (C=O) groups is 1. The summed E-state index contributed by atoms with van der Waals surface area (Å²) in [6, 6.07) is 11.3. The van der Waals surface area contributed by atoms with Gasteiger partial charge in [0.25, 0.3) is 0 Å². The second-order valence-corrected chi connectivity index (χ2v) is 5.13. The Morgan fingerprint density at radius 3 is 2.53 bits per heavy atom. The molecule has 1 aliphatic carbocycles. The molecule has 2 N–H and O–H groups in total. The first kappa shape index (κ1) is 12.1. The lowest BCUT2D eigenvalue weighted by molar-refractivity contribution is 0.103. The molecular weight excluding hydrogens is 236 g/mol. The van der Waals surface area contributed by atoms with E-state index in [-0.39, 0.29) is 11.2 Å². The lowest BCUT2D eigenvalue weighted by Gasteiger charge is -2.13. The Kier molecular flexibility index (Phi) is 2.91. The number of rotatable bonds is 4. The minimum Gasteiger partial charge on any atom is -0.330 e. The topological polar surface area (TPSA) is 56.0 Å². The van der Waals surface area contributed by atoms with Crippen molar-refractivity contribution in [1.29, 1.82) is 0 Å². The average molecular weight is 252 g/mol. The van der Waals surface area contributed by atoms with Gasteiger partial charge in [-0.25, -0.2) is 0 Å². The maximum atomic E-state index is 12.4. The van der Waals surface area contributed by atoms with Crippen molar-refractivity contribution in [3.63, 3.8) is 0 Å². The van der Waals surface area contributed by atoms with Crippen molar-refractivity contribution in [2.45, 2.75) is 18.3 Å². The van der Waals surface area contributed by atoms with E-state index in [1.54, 1.807) is 24.5 Å². The molecule has 0 amide bonds. The smallest absolute Gasteiger partial charge is 0.193 e. The molecule has 3 heteroatoms. The maximum absolute atomic E-state index is 12.4. The van der Waals surface area contributed by atoms with Crippen LogP contribution in [-0.4, -0.2) is 17.3 Å². The summed E-state index contributed by atoms with van der Waals surface area (Å²) in [4.78, 5) is 16.3. The van der Waals surface area contributed by atoms with Crippen LogP contribution in [0.1, 0.15) is 34.3 Å². The second-order valence-electron chi connectivity index (χ2n) is 5.13. The molecular formula is C16H16N2O. The fraction of sp³-hybridized carbons (Fsp3) is 0.250. The minimum absolute atomic E-state index is 0.0390. The van der Waals surface area contributed by atoms with E-state index in [0.29, 0.717) is 12.1 Å². The molecule has 1 saturated carbocycles. The van der Waals surface area contributed by atoms with E-state index in [0.717, 1.165) is 18.4 Å². The van der Waals surface area contributed by atoms with Gasteiger partial charge in [0.15, 0.2) is 5.78 Å². The van der Waals surface area contributed by atoms with Gasteiger partial charge >= 0.3 is 0 Å². The molecule has 96 valence electrons. The molecule has 0 saturated heterocycles. The molecule has 1 aromatic carbocycles. The highest BCUT2D eigenvalue weighted by Crippen LogP contribution is 2.47. The summed E-state index contributed by atoms with van der Waals surface area (Å²) < 4.78 is 0. The Bertz CT molecular complexity index is 603. The van der Waals surface area contributed by atoms with Crippen LogP contribution in [0.2, 0.25) is 0 Å². The van der Waals surface area contributed by atoms with Gasteiger partial charge in [-0.15, -0.1) is 0 Å². The number of hydrogen-bond acceptors (Lipinski definition) is 3. The first-order chi connectivity index (χ1) is 9.25. The zero-order valence-electron chi connectivity index (χ0n) is 10.7. The Morgan fingerprint density at radius 2 is 1.89 bits per heavy atom. The molecule has 0 aliphatic heterocycles. The van der Waals surface area contributed by atoms with Crippen molar-refractivity contribution in [3.05, 3.63) is 65.5 Å². The fourth-order valence-corrected chi connectivity index (χ4v) is 2.42. The molecule has 0 atom stereocenters. The van der Waals surface area contributed by atoms with Gasteiger partial charge in [-0.1, -0.05) is 18.2 Å². The van der Waals surface area contributed by atoms with Gasteiger partial charge in [-0.05, 0) is 36.6 Å². The quantitative estimate of drug-likeness (QED) is 0.849. The van der Waals surface area contributed by atoms with Crippen LogP contribution in [0.5, 0.6) is 0 Å². The number of ketones is 1. The number of nitrogens with zero attached hydrogens (tertiary/aromatic N) is 1. The highest BCUT2D eigenvalue weighted by atomic mass is 16.1. The number of carbonyl (C=O) groups excluding carboxylic acids is 1. The average Bonchev–Trinajstić information content (AvgIpc) is 3.29. The second kappa shape index (κ2) is 4.59. The Hall–Kier alpha value is -2.00. The molecule has 1 heterocycles. The predicted octanol–water partition coefficient (Wildman–Crippen LogP) is 2.30. The first-order valence-corrected chi connectivity index (χ1v) is 6.50. The molecule has 19 heavy (non-hydrogen) atoms. The molecule has 0 bridgehead atoms. The Balaban J connectivity index is 1.94. The number of pyridine rings is 1. The standard InChI is InChI=1S/C16H16N2O/c17-11-16(6-7-16)14-3-1-2-13(10-14)15(19)12-4-8-18-9-5-12/h1-5,8-10H,6-7,11,17H2. The van der Waals surface area contributed by atoms with Crippen molar-refractivity contribution >= 4 is 5.78 Å². The third-order valence-electron chi connectivity index (χ3n) is 3.92. The van der Waals surface area contributed by atoms with Gasteiger partial charge in [0, 0.05) is 35.5 Å². The molecule has 1 aliphatic rings. The number of hydrogen-bond donors (Lipinski definition) is 1. The normalized spacial score (nSPS) is 16.1. The lowest BCUT2D eigenvalue weighted by atomic mass is 9.92. The van der Waals surface area contributed by atoms with Crippen molar-refractivity contribution in [2.24, 2.45) is 5.73 Å². The highest BCUT2D eigenvalue weighted by Gasteiger charge is 2.42. The van der Waals surface area contributed by atoms with Gasteiger partial charge < -0.3 is 5.73 Å². The van der Waals surface area contributed by atoms with Crippen molar-refractivity contribution in [3.8, 4) is 0 Å². The zero-order valence-corrected chi connectivity index (χ0v) is 10.7. The van der Waals surface area contributed by atoms with Crippen molar-refractivity contribution < 1.29 is 4.79 Å². The van der Waals surface area contributed by atoms with Gasteiger partial charge in [0.1, 0.15) is 0 Å². The summed E-state index contributed by atoms with van der Waals surface area (Å²) in [6.07, 6.45) is 5.52. The Labute approximate surface area is 112 Å². The maximum Gasteiger partial charge on any atom is 0.193 e. The fourth-order valence-electron chi connectivity index (χ4n) is 2.42. The van der Waals surface area contributed by atoms with E-state index in [1.165, 1.54) is 5.56 Å². The van der Waals surface area contributed by atoms with Gasteiger partial charge in [0.05, 0.1) is 0 Å². The molecule has 3 nitrogen and oxygen atoms in total. The van der Waals surface area contributed by atoms with Crippen LogP contribution < -0.4 is 5.73 Å². The summed E-state index contributed by atoms with van der Waals surface area (Å²) >= 11 is 0. The van der Waals surface area contributed by atoms with Crippen LogP contribution in [0.15, 0.2) is 48.8 Å². The third-order valence-corrected chi connectivity index (χ3v) is 3.92. The van der Waals surface area contributed by atoms with Crippen LogP contribution in [0.25, 0.3) is 0 Å². The summed E-state index contributed by atoms with van der Waals surface area (Å²) in [6.45, 7) is 0.653. The summed E-state index contributed by atoms with van der Waals surface area (Å²) in [5, 5.41) is 0. The number of nitrogens with two attached hydrogens (primary N) is 1. The molecule has 0 spiro atoms. The summed E-state index contributed by atoms with van der Waals surface area (Å²) in [7, 11) is 0. The van der Waals surface area contributed by atoms with Crippen LogP contribution >= 0.6 is 0 Å². The summed E-state index contributed by atoms with van der Waals surface area (Å²) in [5.74, 6) is 0.0390. The van der Waals surface area contributed by atoms with Crippen LogP contribution in [0, 0.1) is 0 Å². The van der Waals surface area contributed by atoms with E-state index < -0.39 is 0 Å². The molecule has 0 radical (unpaired) electrons. The van der Waals surface area contributed by atoms with E-state index in [1.807, 2.05) is 18.2 Å². The van der Waals surface area contributed by atoms with E-state index >= 15 is 0 Å². The van der Waals surface area contributed by atoms with Crippen LogP contribution in [-0.2, 0) is 5.41 Å². The zero-order chi connectivity index (χ0) is 13.3. The molecule has 3 rings (SSSR count). The van der Waals surface area contributed by atoms with Crippen molar-refractivity contribution in [2.75, 3.05) is 6.54 Å². The lowest BCUT2D eigenvalue weighted by Crippen LogP contribution is -2.20. The highest BCUT2D eigenvalue weighted by molar-refractivity contribution is 6.09. The van der Waals surface area contributed by atoms with E-state index in [9.17, 15) is 4.79 Å². The number of aromatic nitrogens is 1. The van der Waals surface area contributed by atoms with E-state index in [4.69, 9.17) is 5.73 Å². The van der Waals surface area contributed by atoms with Crippen molar-refractivity contribution in [1.82, 2.24) is 4.98 Å². The molecule has 0 unspecified atom stereocenters. The summed E-state index contributed by atoms with van der Waals surface area (Å²) in [5.41, 5.74) is 8.55. The van der Waals surface area contributed by atoms with Gasteiger partial charge in [-0.3, -0.25) is 9.78 Å². The largest absolute Gasteiger partial charge is 0.330 e. The molecule has 1 fully saturated rings. The third kappa shape index (κ3) is 2.17. The molecule has 1 aromatic heterocycles. The van der Waals surface area contributed by atoms with Gasteiger partial charge in [0.2, 0.25) is 0 Å². The number of benzene rings is 1. The van der Waals surface area contributed by atoms with Crippen LogP contribution in [0.4, 0.5) is 0 Å². The van der Waals surface area contributed by atoms with Crippen LogP contribution in [0.3, 0.4) is 0 Å². The Morgan fingerprint density at radius 1 is 1.16 bits per heavy atom. The SMILES string of the molecule is NCC1(c2cccc(C(=O)c3ccncc3)c2)CC1. The molecule has 2 aromatic rings.